The van der Waals surface area contributed by atoms with Gasteiger partial charge in [0.05, 0.1) is 18.4 Å². The third-order valence-corrected chi connectivity index (χ3v) is 6.58. The number of rotatable bonds is 8. The summed E-state index contributed by atoms with van der Waals surface area (Å²) < 4.78 is 6.87. The molecule has 0 bridgehead atoms. The maximum atomic E-state index is 11.6. The van der Waals surface area contributed by atoms with Gasteiger partial charge in [-0.25, -0.2) is 4.79 Å². The molecule has 1 heterocycles. The third kappa shape index (κ3) is 5.37. The van der Waals surface area contributed by atoms with E-state index >= 15 is 0 Å². The van der Waals surface area contributed by atoms with E-state index in [0.29, 0.717) is 5.56 Å². The highest BCUT2D eigenvalue weighted by Gasteiger charge is 2.15. The highest BCUT2D eigenvalue weighted by molar-refractivity contribution is 7.98. The molecule has 0 aliphatic heterocycles. The van der Waals surface area contributed by atoms with Crippen LogP contribution >= 0.6 is 23.5 Å². The van der Waals surface area contributed by atoms with E-state index in [1.165, 1.54) is 12.0 Å². The first-order chi connectivity index (χ1) is 15.2. The number of aromatic nitrogens is 3. The van der Waals surface area contributed by atoms with Crippen molar-refractivity contribution in [3.05, 3.63) is 102 Å². The van der Waals surface area contributed by atoms with Gasteiger partial charge in [-0.1, -0.05) is 60.3 Å². The maximum Gasteiger partial charge on any atom is 0.337 e. The third-order valence-electron chi connectivity index (χ3n) is 4.57. The normalized spacial score (nSPS) is 10.7. The van der Waals surface area contributed by atoms with Gasteiger partial charge in [0.1, 0.15) is 5.82 Å². The molecule has 7 heteroatoms. The molecule has 3 aromatic carbocycles. The number of hydrogen-bond acceptors (Lipinski definition) is 6. The largest absolute Gasteiger partial charge is 0.465 e. The van der Waals surface area contributed by atoms with Gasteiger partial charge in [-0.15, -0.1) is 22.0 Å². The van der Waals surface area contributed by atoms with Crippen molar-refractivity contribution in [3.63, 3.8) is 0 Å². The fraction of sp³-hybridized carbons (Fsp3) is 0.125. The highest BCUT2D eigenvalue weighted by atomic mass is 32.2. The van der Waals surface area contributed by atoms with Crippen molar-refractivity contribution in [1.82, 2.24) is 14.8 Å². The van der Waals surface area contributed by atoms with Gasteiger partial charge in [-0.05, 0) is 42.0 Å². The molecule has 5 nitrogen and oxygen atoms in total. The Kier molecular flexibility index (Phi) is 7.07. The molecule has 0 N–H and O–H groups in total. The van der Waals surface area contributed by atoms with E-state index < -0.39 is 0 Å². The summed E-state index contributed by atoms with van der Waals surface area (Å²) >= 11 is 3.36. The molecule has 0 saturated carbocycles. The van der Waals surface area contributed by atoms with E-state index in [0.717, 1.165) is 33.7 Å². The first-order valence-corrected chi connectivity index (χ1v) is 11.7. The van der Waals surface area contributed by atoms with E-state index in [1.807, 2.05) is 48.5 Å². The maximum absolute atomic E-state index is 11.6. The number of para-hydroxylation sites is 1. The lowest BCUT2D eigenvalue weighted by Gasteiger charge is -2.10. The molecule has 0 atom stereocenters. The summed E-state index contributed by atoms with van der Waals surface area (Å²) in [4.78, 5) is 12.8. The van der Waals surface area contributed by atoms with E-state index in [4.69, 9.17) is 4.74 Å². The van der Waals surface area contributed by atoms with Crippen LogP contribution in [0.5, 0.6) is 0 Å². The van der Waals surface area contributed by atoms with Gasteiger partial charge in [0.25, 0.3) is 0 Å². The number of methoxy groups -OCH3 is 1. The quantitative estimate of drug-likeness (QED) is 0.257. The van der Waals surface area contributed by atoms with Crippen LogP contribution in [0.2, 0.25) is 0 Å². The Balaban J connectivity index is 1.53. The van der Waals surface area contributed by atoms with Gasteiger partial charge in [-0.3, -0.25) is 4.57 Å². The summed E-state index contributed by atoms with van der Waals surface area (Å²) in [5.74, 6) is 2.02. The average Bonchev–Trinajstić information content (AvgIpc) is 3.25. The van der Waals surface area contributed by atoms with Crippen LogP contribution in [0.4, 0.5) is 0 Å². The van der Waals surface area contributed by atoms with Gasteiger partial charge in [-0.2, -0.15) is 0 Å². The summed E-state index contributed by atoms with van der Waals surface area (Å²) in [5.41, 5.74) is 2.68. The van der Waals surface area contributed by atoms with E-state index in [9.17, 15) is 4.79 Å². The second-order valence-corrected chi connectivity index (χ2v) is 8.64. The Bertz CT molecular complexity index is 1130. The Morgan fingerprint density at radius 2 is 1.52 bits per heavy atom. The predicted molar refractivity (Wildman–Crippen MR) is 125 cm³/mol. The molecule has 156 valence electrons. The Hall–Kier alpha value is -3.03. The van der Waals surface area contributed by atoms with Crippen molar-refractivity contribution in [2.45, 2.75) is 21.6 Å². The van der Waals surface area contributed by atoms with Crippen molar-refractivity contribution in [2.75, 3.05) is 7.11 Å². The standard InChI is InChI=1S/C24H21N3O2S2/c1-29-23(28)19-14-12-18(13-15-19)16-31-24-26-25-22(17-30-21-10-6-3-7-11-21)27(24)20-8-4-2-5-9-20/h2-15H,16-17H2,1H3. The minimum atomic E-state index is -0.330. The smallest absolute Gasteiger partial charge is 0.337 e. The zero-order valence-electron chi connectivity index (χ0n) is 17.0. The van der Waals surface area contributed by atoms with E-state index in [-0.39, 0.29) is 5.97 Å². The van der Waals surface area contributed by atoms with Gasteiger partial charge in [0.15, 0.2) is 5.16 Å². The van der Waals surface area contributed by atoms with Crippen molar-refractivity contribution in [2.24, 2.45) is 0 Å². The summed E-state index contributed by atoms with van der Waals surface area (Å²) in [6, 6.07) is 27.9. The molecule has 0 amide bonds. The molecule has 0 fully saturated rings. The molecular formula is C24H21N3O2S2. The van der Waals surface area contributed by atoms with Crippen molar-refractivity contribution in [1.29, 1.82) is 0 Å². The van der Waals surface area contributed by atoms with Crippen LogP contribution in [0.1, 0.15) is 21.7 Å². The van der Waals surface area contributed by atoms with Gasteiger partial charge >= 0.3 is 5.97 Å². The van der Waals surface area contributed by atoms with E-state index in [2.05, 4.69) is 39.0 Å². The first-order valence-electron chi connectivity index (χ1n) is 9.72. The lowest BCUT2D eigenvalue weighted by molar-refractivity contribution is 0.0600. The molecule has 0 radical (unpaired) electrons. The Morgan fingerprint density at radius 3 is 2.19 bits per heavy atom. The van der Waals surface area contributed by atoms with Gasteiger partial charge < -0.3 is 4.74 Å². The van der Waals surface area contributed by atoms with Crippen molar-refractivity contribution in [3.8, 4) is 5.69 Å². The molecule has 0 aliphatic carbocycles. The fourth-order valence-corrected chi connectivity index (χ4v) is 4.75. The highest BCUT2D eigenvalue weighted by Crippen LogP contribution is 2.29. The second kappa shape index (κ2) is 10.3. The van der Waals surface area contributed by atoms with Gasteiger partial charge in [0, 0.05) is 16.3 Å². The van der Waals surface area contributed by atoms with Crippen molar-refractivity contribution < 1.29 is 9.53 Å². The number of esters is 1. The number of benzene rings is 3. The average molecular weight is 448 g/mol. The monoisotopic (exact) mass is 447 g/mol. The lowest BCUT2D eigenvalue weighted by Crippen LogP contribution is -2.02. The molecule has 4 aromatic rings. The van der Waals surface area contributed by atoms with Crippen molar-refractivity contribution >= 4 is 29.5 Å². The zero-order chi connectivity index (χ0) is 21.5. The minimum Gasteiger partial charge on any atom is -0.465 e. The first kappa shape index (κ1) is 21.2. The molecule has 0 saturated heterocycles. The van der Waals surface area contributed by atoms with Crippen LogP contribution in [0, 0.1) is 0 Å². The van der Waals surface area contributed by atoms with Crippen LogP contribution in [-0.2, 0) is 16.2 Å². The Morgan fingerprint density at radius 1 is 0.839 bits per heavy atom. The summed E-state index contributed by atoms with van der Waals surface area (Å²) in [7, 11) is 1.39. The SMILES string of the molecule is COC(=O)c1ccc(CSc2nnc(CSc3ccccc3)n2-c2ccccc2)cc1. The number of nitrogens with zero attached hydrogens (tertiary/aromatic N) is 3. The van der Waals surface area contributed by atoms with Crippen LogP contribution in [-0.4, -0.2) is 27.8 Å². The molecule has 4 rings (SSSR count). The molecule has 0 aliphatic rings. The second-order valence-electron chi connectivity index (χ2n) is 6.65. The summed E-state index contributed by atoms with van der Waals surface area (Å²) in [6.45, 7) is 0. The van der Waals surface area contributed by atoms with Crippen LogP contribution in [0.15, 0.2) is 95.0 Å². The topological polar surface area (TPSA) is 57.0 Å². The number of hydrogen-bond donors (Lipinski definition) is 0. The van der Waals surface area contributed by atoms with Crippen LogP contribution < -0.4 is 0 Å². The lowest BCUT2D eigenvalue weighted by atomic mass is 10.1. The number of thioether (sulfide) groups is 2. The van der Waals surface area contributed by atoms with Crippen LogP contribution in [0.25, 0.3) is 5.69 Å². The molecule has 0 spiro atoms. The molecular weight excluding hydrogens is 426 g/mol. The van der Waals surface area contributed by atoms with E-state index in [1.54, 1.807) is 35.7 Å². The Labute approximate surface area is 189 Å². The predicted octanol–water partition coefficient (Wildman–Crippen LogP) is 5.64. The minimum absolute atomic E-state index is 0.330. The molecule has 1 aromatic heterocycles. The zero-order valence-corrected chi connectivity index (χ0v) is 18.6. The molecule has 31 heavy (non-hydrogen) atoms. The number of carbonyl (C=O) groups is 1. The van der Waals surface area contributed by atoms with Crippen LogP contribution in [0.3, 0.4) is 0 Å². The summed E-state index contributed by atoms with van der Waals surface area (Å²) in [6.07, 6.45) is 0. The summed E-state index contributed by atoms with van der Waals surface area (Å²) in [5, 5.41) is 9.79. The van der Waals surface area contributed by atoms with Gasteiger partial charge in [0.2, 0.25) is 0 Å². The molecule has 0 unspecified atom stereocenters. The number of ether oxygens (including phenoxy) is 1. The fourth-order valence-electron chi connectivity index (χ4n) is 2.99. The number of carbonyl (C=O) groups excluding carboxylic acids is 1.